The number of aromatic nitrogens is 2. The number of hydrogen-bond donors (Lipinski definition) is 0. The lowest BCUT2D eigenvalue weighted by Crippen LogP contribution is -2.48. The molecule has 1 aromatic rings. The van der Waals surface area contributed by atoms with Gasteiger partial charge in [0, 0.05) is 12.7 Å². The Bertz CT molecular complexity index is 405. The Morgan fingerprint density at radius 2 is 1.94 bits per heavy atom. The molecule has 0 N–H and O–H groups in total. The maximum absolute atomic E-state index is 4.71. The van der Waals surface area contributed by atoms with Crippen molar-refractivity contribution in [1.82, 2.24) is 9.22 Å². The summed E-state index contributed by atoms with van der Waals surface area (Å²) in [6, 6.07) is 4.19. The second-order valence-corrected chi connectivity index (χ2v) is 16.3. The van der Waals surface area contributed by atoms with E-state index in [9.17, 15) is 0 Å². The largest absolute Gasteiger partial charge is 0.381 e. The zero-order valence-electron chi connectivity index (χ0n) is 12.5. The van der Waals surface area contributed by atoms with E-state index in [0.29, 0.717) is 0 Å². The standard InChI is InChI=1S/C13H27N3Si2/c1-6-18(7-2)10-8-9-16(18)13-11-15(12-14-13)17(3,4)5/h11-12H,6-10H2,1-5H3. The highest BCUT2D eigenvalue weighted by molar-refractivity contribution is 6.83. The summed E-state index contributed by atoms with van der Waals surface area (Å²) in [7, 11) is -2.51. The van der Waals surface area contributed by atoms with E-state index in [2.05, 4.69) is 54.8 Å². The van der Waals surface area contributed by atoms with Gasteiger partial charge in [0.1, 0.15) is 5.82 Å². The maximum Gasteiger partial charge on any atom is 0.158 e. The fraction of sp³-hybridized carbons (Fsp3) is 0.769. The minimum atomic E-state index is -1.29. The van der Waals surface area contributed by atoms with Crippen LogP contribution in [-0.4, -0.2) is 32.2 Å². The molecule has 2 heterocycles. The summed E-state index contributed by atoms with van der Waals surface area (Å²) in [5.41, 5.74) is 0. The second-order valence-electron chi connectivity index (χ2n) is 6.50. The van der Waals surface area contributed by atoms with Crippen LogP contribution in [0, 0.1) is 0 Å². The summed E-state index contributed by atoms with van der Waals surface area (Å²) in [6.07, 6.45) is 5.74. The van der Waals surface area contributed by atoms with Gasteiger partial charge in [-0.25, -0.2) is 4.98 Å². The Hall–Kier alpha value is -0.556. The monoisotopic (exact) mass is 281 g/mol. The topological polar surface area (TPSA) is 21.1 Å². The first kappa shape index (κ1) is 13.9. The molecule has 0 aliphatic carbocycles. The predicted molar refractivity (Wildman–Crippen MR) is 84.5 cm³/mol. The van der Waals surface area contributed by atoms with Crippen LogP contribution in [0.5, 0.6) is 0 Å². The molecule has 0 bridgehead atoms. The molecular formula is C13H27N3Si2. The smallest absolute Gasteiger partial charge is 0.158 e. The highest BCUT2D eigenvalue weighted by Gasteiger charge is 2.41. The van der Waals surface area contributed by atoms with Crippen molar-refractivity contribution in [3.05, 3.63) is 12.5 Å². The third kappa shape index (κ3) is 2.30. The summed E-state index contributed by atoms with van der Waals surface area (Å²) in [4.78, 5) is 4.71. The minimum absolute atomic E-state index is 1.22. The average Bonchev–Trinajstić information content (AvgIpc) is 2.94. The van der Waals surface area contributed by atoms with Gasteiger partial charge in [-0.3, -0.25) is 0 Å². The lowest BCUT2D eigenvalue weighted by Gasteiger charge is -2.35. The number of anilines is 1. The van der Waals surface area contributed by atoms with Crippen molar-refractivity contribution in [1.29, 1.82) is 0 Å². The summed E-state index contributed by atoms with van der Waals surface area (Å²) < 4.78 is 5.08. The van der Waals surface area contributed by atoms with Crippen molar-refractivity contribution >= 4 is 22.3 Å². The molecule has 2 rings (SSSR count). The normalized spacial score (nSPS) is 19.5. The maximum atomic E-state index is 4.71. The molecular weight excluding hydrogens is 254 g/mol. The molecule has 5 heteroatoms. The van der Waals surface area contributed by atoms with E-state index < -0.39 is 16.5 Å². The van der Waals surface area contributed by atoms with E-state index in [0.717, 1.165) is 0 Å². The number of nitrogens with zero attached hydrogens (tertiary/aromatic N) is 3. The molecule has 0 saturated carbocycles. The first-order valence-electron chi connectivity index (χ1n) is 7.25. The molecule has 3 nitrogen and oxygen atoms in total. The van der Waals surface area contributed by atoms with Crippen molar-refractivity contribution in [3.8, 4) is 0 Å². The van der Waals surface area contributed by atoms with Crippen LogP contribution in [0.4, 0.5) is 5.82 Å². The molecule has 1 fully saturated rings. The number of hydrogen-bond acceptors (Lipinski definition) is 2. The quantitative estimate of drug-likeness (QED) is 0.784. The Morgan fingerprint density at radius 3 is 2.44 bits per heavy atom. The van der Waals surface area contributed by atoms with Gasteiger partial charge in [0.2, 0.25) is 0 Å². The third-order valence-corrected chi connectivity index (χ3v) is 11.8. The van der Waals surface area contributed by atoms with E-state index in [-0.39, 0.29) is 0 Å². The summed E-state index contributed by atoms with van der Waals surface area (Å²) in [5, 5.41) is 0. The summed E-state index contributed by atoms with van der Waals surface area (Å²) in [6.45, 7) is 13.1. The predicted octanol–water partition coefficient (Wildman–Crippen LogP) is 3.76. The SMILES string of the molecule is CC[Si]1(CC)CCCN1c1cn([Si](C)(C)C)cn1. The number of rotatable bonds is 4. The zero-order chi connectivity index (χ0) is 13.4. The highest BCUT2D eigenvalue weighted by atomic mass is 28.3. The average molecular weight is 282 g/mol. The first-order chi connectivity index (χ1) is 8.43. The van der Waals surface area contributed by atoms with Crippen LogP contribution in [0.2, 0.25) is 37.8 Å². The minimum Gasteiger partial charge on any atom is -0.381 e. The van der Waals surface area contributed by atoms with Gasteiger partial charge in [0.15, 0.2) is 16.5 Å². The molecule has 0 spiro atoms. The van der Waals surface area contributed by atoms with Crippen molar-refractivity contribution in [2.24, 2.45) is 0 Å². The van der Waals surface area contributed by atoms with Crippen LogP contribution in [0.15, 0.2) is 12.5 Å². The molecule has 1 aliphatic heterocycles. The molecule has 1 saturated heterocycles. The van der Waals surface area contributed by atoms with Gasteiger partial charge in [-0.2, -0.15) is 0 Å². The van der Waals surface area contributed by atoms with E-state index in [1.807, 2.05) is 0 Å². The molecule has 1 aromatic heterocycles. The third-order valence-electron chi connectivity index (χ3n) is 4.53. The van der Waals surface area contributed by atoms with Crippen LogP contribution in [0.3, 0.4) is 0 Å². The van der Waals surface area contributed by atoms with Crippen molar-refractivity contribution in [3.63, 3.8) is 0 Å². The van der Waals surface area contributed by atoms with Crippen molar-refractivity contribution in [2.45, 2.75) is 58.0 Å². The number of imidazole rings is 1. The van der Waals surface area contributed by atoms with E-state index >= 15 is 0 Å². The molecule has 0 radical (unpaired) electrons. The fourth-order valence-corrected chi connectivity index (χ4v) is 8.30. The lowest BCUT2D eigenvalue weighted by molar-refractivity contribution is 0.969. The summed E-state index contributed by atoms with van der Waals surface area (Å²) in [5.74, 6) is 1.25. The van der Waals surface area contributed by atoms with Gasteiger partial charge >= 0.3 is 0 Å². The second kappa shape index (κ2) is 4.85. The molecule has 0 aromatic carbocycles. The van der Waals surface area contributed by atoms with Crippen LogP contribution < -0.4 is 4.57 Å². The van der Waals surface area contributed by atoms with Gasteiger partial charge in [-0.15, -0.1) is 0 Å². The molecule has 0 unspecified atom stereocenters. The Labute approximate surface area is 113 Å². The van der Waals surface area contributed by atoms with Gasteiger partial charge in [0.05, 0.1) is 6.33 Å². The van der Waals surface area contributed by atoms with Crippen molar-refractivity contribution in [2.75, 3.05) is 11.1 Å². The molecule has 0 amide bonds. The van der Waals surface area contributed by atoms with Crippen LogP contribution >= 0.6 is 0 Å². The molecule has 102 valence electrons. The Kier molecular flexibility index (Phi) is 3.73. The zero-order valence-corrected chi connectivity index (χ0v) is 14.5. The fourth-order valence-electron chi connectivity index (χ4n) is 3.10. The van der Waals surface area contributed by atoms with Crippen molar-refractivity contribution < 1.29 is 0 Å². The van der Waals surface area contributed by atoms with E-state index in [1.54, 1.807) is 0 Å². The van der Waals surface area contributed by atoms with Gasteiger partial charge < -0.3 is 8.80 Å². The lowest BCUT2D eigenvalue weighted by atomic mass is 10.5. The Morgan fingerprint density at radius 1 is 1.28 bits per heavy atom. The Balaban J connectivity index is 2.29. The van der Waals surface area contributed by atoms with Crippen LogP contribution in [-0.2, 0) is 0 Å². The highest BCUT2D eigenvalue weighted by Crippen LogP contribution is 2.36. The first-order valence-corrected chi connectivity index (χ1v) is 13.3. The van der Waals surface area contributed by atoms with Gasteiger partial charge in [-0.05, 0) is 24.6 Å². The van der Waals surface area contributed by atoms with Gasteiger partial charge in [0.25, 0.3) is 0 Å². The molecule has 1 aliphatic rings. The van der Waals surface area contributed by atoms with E-state index in [4.69, 9.17) is 4.98 Å². The van der Waals surface area contributed by atoms with Crippen LogP contribution in [0.1, 0.15) is 20.3 Å². The van der Waals surface area contributed by atoms with E-state index in [1.165, 1.54) is 36.9 Å². The summed E-state index contributed by atoms with van der Waals surface area (Å²) >= 11 is 0. The molecule has 18 heavy (non-hydrogen) atoms. The van der Waals surface area contributed by atoms with Crippen LogP contribution in [0.25, 0.3) is 0 Å². The molecule has 0 atom stereocenters. The van der Waals surface area contributed by atoms with Gasteiger partial charge in [-0.1, -0.05) is 33.5 Å².